The highest BCUT2D eigenvalue weighted by Crippen LogP contribution is 2.29. The quantitative estimate of drug-likeness (QED) is 0.680. The van der Waals surface area contributed by atoms with Crippen molar-refractivity contribution in [1.29, 1.82) is 0 Å². The third kappa shape index (κ3) is 4.74. The lowest BCUT2D eigenvalue weighted by molar-refractivity contribution is 0.307. The van der Waals surface area contributed by atoms with Gasteiger partial charge in [-0.3, -0.25) is 0 Å². The summed E-state index contributed by atoms with van der Waals surface area (Å²) in [7, 11) is 0. The molecular weight excluding hydrogens is 338 g/mol. The van der Waals surface area contributed by atoms with Crippen molar-refractivity contribution >= 4 is 0 Å². The molecule has 5 heteroatoms. The van der Waals surface area contributed by atoms with Gasteiger partial charge in [0, 0.05) is 6.42 Å². The maximum absolute atomic E-state index is 6.01. The minimum Gasteiger partial charge on any atom is -0.488 e. The zero-order chi connectivity index (χ0) is 18.3. The second-order valence-corrected chi connectivity index (χ2v) is 7.01. The predicted molar refractivity (Wildman–Crippen MR) is 104 cm³/mol. The van der Waals surface area contributed by atoms with Gasteiger partial charge in [-0.1, -0.05) is 47.6 Å². The summed E-state index contributed by atoms with van der Waals surface area (Å²) in [5, 5.41) is 7.59. The van der Waals surface area contributed by atoms with Gasteiger partial charge >= 0.3 is 0 Å². The molecule has 3 aromatic rings. The van der Waals surface area contributed by atoms with Crippen molar-refractivity contribution in [2.24, 2.45) is 5.92 Å². The highest BCUT2D eigenvalue weighted by Gasteiger charge is 2.17. The van der Waals surface area contributed by atoms with Crippen LogP contribution in [0, 0.1) is 5.92 Å². The Morgan fingerprint density at radius 2 is 1.78 bits per heavy atom. The molecule has 0 atom stereocenters. The van der Waals surface area contributed by atoms with E-state index in [2.05, 4.69) is 27.6 Å². The molecule has 140 valence electrons. The van der Waals surface area contributed by atoms with E-state index in [1.54, 1.807) is 0 Å². The molecule has 0 amide bonds. The summed E-state index contributed by atoms with van der Waals surface area (Å²) in [6.07, 6.45) is 4.41. The molecule has 1 aliphatic heterocycles. The Labute approximate surface area is 159 Å². The van der Waals surface area contributed by atoms with Crippen molar-refractivity contribution in [3.8, 4) is 17.1 Å². The SMILES string of the molecule is c1ccc(COc2ccccc2-c2noc(CCC3CCNCC3)n2)cc1. The normalized spacial score (nSPS) is 15.0. The predicted octanol–water partition coefficient (Wildman–Crippen LogP) is 4.25. The molecule has 0 bridgehead atoms. The molecule has 0 saturated carbocycles. The molecule has 5 nitrogen and oxygen atoms in total. The molecule has 1 aliphatic rings. The second kappa shape index (κ2) is 8.82. The van der Waals surface area contributed by atoms with Gasteiger partial charge in [0.05, 0.1) is 5.56 Å². The maximum Gasteiger partial charge on any atom is 0.226 e. The summed E-state index contributed by atoms with van der Waals surface area (Å²) >= 11 is 0. The van der Waals surface area contributed by atoms with E-state index in [0.717, 1.165) is 48.7 Å². The fraction of sp³-hybridized carbons (Fsp3) is 0.364. The second-order valence-electron chi connectivity index (χ2n) is 7.01. The molecule has 0 radical (unpaired) electrons. The number of para-hydroxylation sites is 1. The molecule has 2 heterocycles. The van der Waals surface area contributed by atoms with Gasteiger partial charge in [0.1, 0.15) is 12.4 Å². The first-order valence-corrected chi connectivity index (χ1v) is 9.68. The molecule has 1 saturated heterocycles. The number of benzene rings is 2. The lowest BCUT2D eigenvalue weighted by atomic mass is 9.93. The van der Waals surface area contributed by atoms with E-state index < -0.39 is 0 Å². The monoisotopic (exact) mass is 363 g/mol. The number of nitrogens with one attached hydrogen (secondary N) is 1. The van der Waals surface area contributed by atoms with Gasteiger partial charge in [-0.05, 0) is 56.0 Å². The largest absolute Gasteiger partial charge is 0.488 e. The first-order chi connectivity index (χ1) is 13.4. The van der Waals surface area contributed by atoms with Crippen molar-refractivity contribution < 1.29 is 9.26 Å². The van der Waals surface area contributed by atoms with Crippen LogP contribution in [0.2, 0.25) is 0 Å². The number of aromatic nitrogens is 2. The van der Waals surface area contributed by atoms with Crippen molar-refractivity contribution in [2.45, 2.75) is 32.3 Å². The third-order valence-electron chi connectivity index (χ3n) is 5.06. The van der Waals surface area contributed by atoms with Gasteiger partial charge in [0.15, 0.2) is 0 Å². The van der Waals surface area contributed by atoms with E-state index >= 15 is 0 Å². The Balaban J connectivity index is 1.41. The van der Waals surface area contributed by atoms with Gasteiger partial charge in [-0.2, -0.15) is 4.98 Å². The lowest BCUT2D eigenvalue weighted by Gasteiger charge is -2.21. The van der Waals surface area contributed by atoms with E-state index in [1.807, 2.05) is 42.5 Å². The van der Waals surface area contributed by atoms with Crippen molar-refractivity contribution in [3.05, 3.63) is 66.1 Å². The highest BCUT2D eigenvalue weighted by molar-refractivity contribution is 5.63. The molecular formula is C22H25N3O2. The summed E-state index contributed by atoms with van der Waals surface area (Å²) in [6, 6.07) is 18.0. The van der Waals surface area contributed by atoms with E-state index in [0.29, 0.717) is 18.3 Å². The minimum atomic E-state index is 0.512. The molecule has 0 aliphatic carbocycles. The minimum absolute atomic E-state index is 0.512. The number of hydrogen-bond acceptors (Lipinski definition) is 5. The highest BCUT2D eigenvalue weighted by atomic mass is 16.5. The van der Waals surface area contributed by atoms with Crippen LogP contribution in [0.3, 0.4) is 0 Å². The molecule has 1 aromatic heterocycles. The summed E-state index contributed by atoms with van der Waals surface area (Å²) in [6.45, 7) is 2.75. The fourth-order valence-electron chi connectivity index (χ4n) is 3.48. The average molecular weight is 363 g/mol. The van der Waals surface area contributed by atoms with Crippen LogP contribution in [0.1, 0.15) is 30.7 Å². The Hall–Kier alpha value is -2.66. The topological polar surface area (TPSA) is 60.2 Å². The molecule has 1 N–H and O–H groups in total. The zero-order valence-corrected chi connectivity index (χ0v) is 15.4. The Bertz CT molecular complexity index is 842. The van der Waals surface area contributed by atoms with E-state index in [9.17, 15) is 0 Å². The van der Waals surface area contributed by atoms with Crippen molar-refractivity contribution in [1.82, 2.24) is 15.5 Å². The third-order valence-corrected chi connectivity index (χ3v) is 5.06. The van der Waals surface area contributed by atoms with Crippen molar-refractivity contribution in [3.63, 3.8) is 0 Å². The summed E-state index contributed by atoms with van der Waals surface area (Å²) in [4.78, 5) is 4.61. The van der Waals surface area contributed by atoms with Crippen LogP contribution >= 0.6 is 0 Å². The van der Waals surface area contributed by atoms with Crippen LogP contribution in [-0.4, -0.2) is 23.2 Å². The fourth-order valence-corrected chi connectivity index (χ4v) is 3.48. The number of rotatable bonds is 7. The van der Waals surface area contributed by atoms with Gasteiger partial charge in [-0.15, -0.1) is 0 Å². The standard InChI is InChI=1S/C22H25N3O2/c1-2-6-18(7-3-1)16-26-20-9-5-4-8-19(20)22-24-21(27-25-22)11-10-17-12-14-23-15-13-17/h1-9,17,23H,10-16H2. The van der Waals surface area contributed by atoms with Crippen LogP contribution in [0.25, 0.3) is 11.4 Å². The number of ether oxygens (including phenoxy) is 1. The average Bonchev–Trinajstić information content (AvgIpc) is 3.21. The lowest BCUT2D eigenvalue weighted by Crippen LogP contribution is -2.27. The number of hydrogen-bond donors (Lipinski definition) is 1. The first-order valence-electron chi connectivity index (χ1n) is 9.68. The molecule has 0 unspecified atom stereocenters. The smallest absolute Gasteiger partial charge is 0.226 e. The molecule has 2 aromatic carbocycles. The van der Waals surface area contributed by atoms with Crippen LogP contribution in [0.5, 0.6) is 5.75 Å². The molecule has 27 heavy (non-hydrogen) atoms. The van der Waals surface area contributed by atoms with E-state index in [-0.39, 0.29) is 0 Å². The number of piperidine rings is 1. The summed E-state index contributed by atoms with van der Waals surface area (Å²) in [5.41, 5.74) is 1.99. The maximum atomic E-state index is 6.01. The molecule has 0 spiro atoms. The first kappa shape index (κ1) is 17.7. The van der Waals surface area contributed by atoms with E-state index in [1.165, 1.54) is 12.8 Å². The summed E-state index contributed by atoms with van der Waals surface area (Å²) in [5.74, 6) is 2.83. The molecule has 1 fully saturated rings. The van der Waals surface area contributed by atoms with Gasteiger partial charge in [0.2, 0.25) is 11.7 Å². The van der Waals surface area contributed by atoms with Crippen LogP contribution < -0.4 is 10.1 Å². The Morgan fingerprint density at radius 3 is 2.63 bits per heavy atom. The Morgan fingerprint density at radius 1 is 1.00 bits per heavy atom. The van der Waals surface area contributed by atoms with Gasteiger partial charge in [0.25, 0.3) is 0 Å². The van der Waals surface area contributed by atoms with Crippen LogP contribution in [0.4, 0.5) is 0 Å². The van der Waals surface area contributed by atoms with Gasteiger partial charge < -0.3 is 14.6 Å². The van der Waals surface area contributed by atoms with E-state index in [4.69, 9.17) is 9.26 Å². The summed E-state index contributed by atoms with van der Waals surface area (Å²) < 4.78 is 11.5. The zero-order valence-electron chi connectivity index (χ0n) is 15.4. The van der Waals surface area contributed by atoms with Crippen molar-refractivity contribution in [2.75, 3.05) is 13.1 Å². The Kier molecular flexibility index (Phi) is 5.80. The van der Waals surface area contributed by atoms with Crippen LogP contribution in [0.15, 0.2) is 59.1 Å². The van der Waals surface area contributed by atoms with Gasteiger partial charge in [-0.25, -0.2) is 0 Å². The molecule has 4 rings (SSSR count). The number of nitrogens with zero attached hydrogens (tertiary/aromatic N) is 2. The number of aryl methyl sites for hydroxylation is 1. The van der Waals surface area contributed by atoms with Crippen LogP contribution in [-0.2, 0) is 13.0 Å².